The SMILES string of the molecule is CCc1c(-c2cccc(C(=O)N(C)C)c2)cnc2[nH]cc(-c3ccccc3OC)c12.COc1ccccc1-c1c[nH]c2ncc(-c3cccc(C(=O)N(C)C)c3)c(C#N)c12.COc1ccccc1-c1c[nH]c2ncc(-c3cccc(C(=O)N(C)C)c3)c(C(F)(F)F)c12.COc1ccccc1-c1c[nH]c2ncc(-c3cccc(C(=O)N(C)C)c3)c(OC)c12. The van der Waals surface area contributed by atoms with E-state index in [4.69, 9.17) is 23.7 Å². The number of nitrogens with one attached hydrogen (secondary N) is 4. The molecule has 8 heterocycles. The Hall–Kier alpha value is -15.3. The fourth-order valence-electron chi connectivity index (χ4n) is 14.9. The van der Waals surface area contributed by atoms with Gasteiger partial charge in [0, 0.05) is 211 Å². The van der Waals surface area contributed by atoms with Gasteiger partial charge in [0.05, 0.1) is 52.1 Å². The molecule has 0 spiro atoms. The number of carbonyl (C=O) groups excluding carboxylic acids is 4. The number of aromatic nitrogens is 8. The number of pyridine rings is 4. The van der Waals surface area contributed by atoms with E-state index < -0.39 is 11.7 Å². The number of hydrogen-bond acceptors (Lipinski definition) is 14. The van der Waals surface area contributed by atoms with E-state index in [1.54, 1.807) is 168 Å². The summed E-state index contributed by atoms with van der Waals surface area (Å²) in [6.07, 6.45) is 9.92. The fraction of sp³-hybridized carbons (Fsp3) is 0.165. The first-order valence-electron chi connectivity index (χ1n) is 38.7. The summed E-state index contributed by atoms with van der Waals surface area (Å²) in [4.78, 5) is 86.3. The number of fused-ring (bicyclic) bond motifs is 4. The Labute approximate surface area is 702 Å². The van der Waals surface area contributed by atoms with E-state index in [2.05, 4.69) is 58.9 Å². The van der Waals surface area contributed by atoms with Crippen LogP contribution in [0.3, 0.4) is 0 Å². The first kappa shape index (κ1) is 84.6. The molecule has 0 unspecified atom stereocenters. The van der Waals surface area contributed by atoms with Crippen molar-refractivity contribution in [2.24, 2.45) is 0 Å². The van der Waals surface area contributed by atoms with Crippen molar-refractivity contribution >= 4 is 67.8 Å². The summed E-state index contributed by atoms with van der Waals surface area (Å²) < 4.78 is 71.3. The molecule has 22 nitrogen and oxygen atoms in total. The molecule has 0 aliphatic heterocycles. The molecule has 25 heteroatoms. The van der Waals surface area contributed by atoms with Gasteiger partial charge in [-0.25, -0.2) is 19.9 Å². The average Bonchev–Trinajstić information content (AvgIpc) is 1.53. The number of benzene rings is 8. The Morgan fingerprint density at radius 1 is 0.352 bits per heavy atom. The zero-order valence-corrected chi connectivity index (χ0v) is 69.6. The lowest BCUT2D eigenvalue weighted by molar-refractivity contribution is -0.135. The smallest absolute Gasteiger partial charge is 0.417 e. The number of nitrogens with zero attached hydrogens (tertiary/aromatic N) is 9. The summed E-state index contributed by atoms with van der Waals surface area (Å²) in [5, 5.41) is 12.7. The van der Waals surface area contributed by atoms with Gasteiger partial charge >= 0.3 is 6.18 Å². The van der Waals surface area contributed by atoms with Gasteiger partial charge in [-0.3, -0.25) is 19.2 Å². The van der Waals surface area contributed by atoms with Crippen LogP contribution in [-0.2, 0) is 12.6 Å². The van der Waals surface area contributed by atoms with Gasteiger partial charge in [0.2, 0.25) is 0 Å². The van der Waals surface area contributed by atoms with Gasteiger partial charge in [0.25, 0.3) is 23.6 Å². The van der Waals surface area contributed by atoms with Crippen molar-refractivity contribution in [1.82, 2.24) is 59.5 Å². The second kappa shape index (κ2) is 36.7. The van der Waals surface area contributed by atoms with E-state index in [1.165, 1.54) is 40.9 Å². The van der Waals surface area contributed by atoms with Gasteiger partial charge in [0.1, 0.15) is 57.4 Å². The van der Waals surface area contributed by atoms with Crippen LogP contribution in [0.5, 0.6) is 28.7 Å². The topological polar surface area (TPSA) is 266 Å². The number of carbonyl (C=O) groups is 4. The Morgan fingerprint density at radius 3 is 1.00 bits per heavy atom. The normalized spacial score (nSPS) is 11.0. The third-order valence-corrected chi connectivity index (χ3v) is 20.7. The molecule has 0 atom stereocenters. The number of aromatic amines is 4. The molecule has 0 saturated carbocycles. The first-order chi connectivity index (χ1) is 58.9. The van der Waals surface area contributed by atoms with Gasteiger partial charge in [-0.1, -0.05) is 128 Å². The Balaban J connectivity index is 0.000000140. The van der Waals surface area contributed by atoms with Crippen LogP contribution in [0.2, 0.25) is 0 Å². The number of H-pyrrole nitrogens is 4. The molecule has 0 fully saturated rings. The lowest BCUT2D eigenvalue weighted by atomic mass is 9.93. The Kier molecular flexibility index (Phi) is 25.4. The molecule has 0 aliphatic carbocycles. The van der Waals surface area contributed by atoms with E-state index in [0.717, 1.165) is 107 Å². The number of ether oxygens (including phenoxy) is 5. The van der Waals surface area contributed by atoms with Gasteiger partial charge in [0.15, 0.2) is 0 Å². The minimum absolute atomic E-state index is 0.0136. The number of rotatable bonds is 18. The van der Waals surface area contributed by atoms with Gasteiger partial charge < -0.3 is 63.2 Å². The van der Waals surface area contributed by atoms with E-state index in [0.29, 0.717) is 67.4 Å². The molecular formula is C97H88F3N13O9. The first-order valence-corrected chi connectivity index (χ1v) is 38.7. The molecule has 16 rings (SSSR count). The number of amides is 4. The van der Waals surface area contributed by atoms with Crippen molar-refractivity contribution in [3.63, 3.8) is 0 Å². The average molecular weight is 1640 g/mol. The van der Waals surface area contributed by atoms with Crippen LogP contribution in [-0.4, -0.2) is 175 Å². The summed E-state index contributed by atoms with van der Waals surface area (Å²) in [6, 6.07) is 61.3. The molecular weight excluding hydrogens is 1550 g/mol. The highest BCUT2D eigenvalue weighted by molar-refractivity contribution is 6.07. The summed E-state index contributed by atoms with van der Waals surface area (Å²) in [5.74, 6) is 2.98. The van der Waals surface area contributed by atoms with Crippen molar-refractivity contribution in [2.75, 3.05) is 91.9 Å². The van der Waals surface area contributed by atoms with Crippen LogP contribution in [0, 0.1) is 11.3 Å². The summed E-state index contributed by atoms with van der Waals surface area (Å²) in [6.45, 7) is 2.14. The van der Waals surface area contributed by atoms with Crippen LogP contribution < -0.4 is 23.7 Å². The van der Waals surface area contributed by atoms with Crippen LogP contribution in [0.25, 0.3) is 133 Å². The molecule has 0 saturated heterocycles. The van der Waals surface area contributed by atoms with Crippen molar-refractivity contribution in [2.45, 2.75) is 19.5 Å². The van der Waals surface area contributed by atoms with E-state index in [9.17, 15) is 37.6 Å². The maximum absolute atomic E-state index is 14.5. The molecule has 8 aromatic carbocycles. The molecule has 4 N–H and O–H groups in total. The highest BCUT2D eigenvalue weighted by atomic mass is 19.4. The number of nitriles is 1. The minimum Gasteiger partial charge on any atom is -0.496 e. The Morgan fingerprint density at radius 2 is 0.648 bits per heavy atom. The minimum atomic E-state index is -4.67. The second-order valence-corrected chi connectivity index (χ2v) is 29.0. The van der Waals surface area contributed by atoms with Crippen molar-refractivity contribution in [1.29, 1.82) is 5.26 Å². The predicted molar refractivity (Wildman–Crippen MR) is 472 cm³/mol. The summed E-state index contributed by atoms with van der Waals surface area (Å²) in [7, 11) is 21.7. The van der Waals surface area contributed by atoms with Gasteiger partial charge in [-0.2, -0.15) is 18.4 Å². The highest BCUT2D eigenvalue weighted by Gasteiger charge is 2.39. The molecule has 0 bridgehead atoms. The maximum Gasteiger partial charge on any atom is 0.417 e. The highest BCUT2D eigenvalue weighted by Crippen LogP contribution is 2.48. The van der Waals surface area contributed by atoms with Crippen molar-refractivity contribution in [3.05, 3.63) is 283 Å². The predicted octanol–water partition coefficient (Wildman–Crippen LogP) is 19.9. The standard InChI is InChI=1S/C25H25N3O2.C24H20F3N3O2.C24H20N4O2.C24H23N3O3/c1-5-18-20(16-9-8-10-17(13-16)25(29)28(2)3)14-26-24-23(18)21(15-27-24)19-11-6-7-12-22(19)30-4;1-30(2)23(31)15-8-6-7-14(11-15)17-12-28-22-20(21(17)24(25,26)27)18(13-29-22)16-9-4-5-10-19(16)32-3;1-28(2)24(29)16-8-6-7-15(11-16)19-13-26-23-22(18(19)12-25)20(14-27-23)17-9-4-5-10-21(17)30-3;1-27(2)24(28)16-9-7-8-15(12-16)18-13-25-23-21(22(18)30-4)19(14-26-23)17-10-5-6-11-20(17)29-3/h6-15H,5H2,1-4H3,(H,26,27);4-13H,1-3H3,(H,28,29);4-11,13-14H,1-3H3,(H,26,27);5-14H,1-4H3,(H,25,26). The quantitative estimate of drug-likeness (QED) is 0.0622. The molecule has 4 amide bonds. The van der Waals surface area contributed by atoms with Gasteiger partial charge in [-0.05, 0) is 107 Å². The second-order valence-electron chi connectivity index (χ2n) is 29.0. The van der Waals surface area contributed by atoms with Crippen LogP contribution in [0.15, 0.2) is 244 Å². The third-order valence-electron chi connectivity index (χ3n) is 20.7. The number of hydrogen-bond donors (Lipinski definition) is 4. The zero-order chi connectivity index (χ0) is 86.8. The Bertz CT molecular complexity index is 6460. The van der Waals surface area contributed by atoms with Crippen molar-refractivity contribution < 1.29 is 56.0 Å². The fourth-order valence-corrected chi connectivity index (χ4v) is 14.9. The molecule has 0 radical (unpaired) electrons. The molecule has 0 aliphatic rings. The molecule has 616 valence electrons. The maximum atomic E-state index is 14.5. The van der Waals surface area contributed by atoms with E-state index in [-0.39, 0.29) is 45.8 Å². The summed E-state index contributed by atoms with van der Waals surface area (Å²) >= 11 is 0. The van der Waals surface area contributed by atoms with Crippen molar-refractivity contribution in [3.8, 4) is 124 Å². The van der Waals surface area contributed by atoms with Crippen LogP contribution >= 0.6 is 0 Å². The van der Waals surface area contributed by atoms with Crippen LogP contribution in [0.4, 0.5) is 13.2 Å². The molecule has 16 aromatic rings. The summed E-state index contributed by atoms with van der Waals surface area (Å²) in [5.41, 5.74) is 17.1. The monoisotopic (exact) mass is 1640 g/mol. The van der Waals surface area contributed by atoms with Gasteiger partial charge in [-0.15, -0.1) is 0 Å². The largest absolute Gasteiger partial charge is 0.496 e. The third kappa shape index (κ3) is 17.1. The number of alkyl halides is 3. The lowest BCUT2D eigenvalue weighted by Crippen LogP contribution is -2.21. The number of para-hydroxylation sites is 4. The lowest BCUT2D eigenvalue weighted by Gasteiger charge is -2.17. The van der Waals surface area contributed by atoms with E-state index >= 15 is 0 Å². The number of halogens is 3. The number of methoxy groups -OCH3 is 5. The molecule has 122 heavy (non-hydrogen) atoms. The molecule has 8 aromatic heterocycles. The zero-order valence-electron chi connectivity index (χ0n) is 69.6. The number of aryl methyl sites for hydroxylation is 1. The van der Waals surface area contributed by atoms with E-state index in [1.807, 2.05) is 146 Å². The van der Waals surface area contributed by atoms with Crippen LogP contribution in [0.1, 0.15) is 65.0 Å².